The van der Waals surface area contributed by atoms with Crippen LogP contribution in [0.5, 0.6) is 0 Å². The van der Waals surface area contributed by atoms with E-state index in [0.29, 0.717) is 6.54 Å². The van der Waals surface area contributed by atoms with Crippen LogP contribution in [-0.4, -0.2) is 32.8 Å². The number of amides is 1. The molecular weight excluding hydrogens is 278 g/mol. The summed E-state index contributed by atoms with van der Waals surface area (Å²) in [5.41, 5.74) is 2.38. The first-order valence-electron chi connectivity index (χ1n) is 7.44. The van der Waals surface area contributed by atoms with Crippen molar-refractivity contribution in [2.45, 2.75) is 25.8 Å². The first-order valence-corrected chi connectivity index (χ1v) is 7.44. The minimum absolute atomic E-state index is 0.0167. The highest BCUT2D eigenvalue weighted by molar-refractivity contribution is 5.96. The van der Waals surface area contributed by atoms with Crippen molar-refractivity contribution in [1.82, 2.24) is 20.1 Å². The maximum atomic E-state index is 12.5. The number of rotatable bonds is 3. The van der Waals surface area contributed by atoms with Crippen LogP contribution in [-0.2, 0) is 11.8 Å². The number of nitrogens with one attached hydrogen (secondary N) is 2. The molecule has 1 aliphatic heterocycles. The molecule has 116 valence electrons. The molecule has 0 aromatic carbocycles. The monoisotopic (exact) mass is 299 g/mol. The van der Waals surface area contributed by atoms with Gasteiger partial charge in [0, 0.05) is 37.1 Å². The van der Waals surface area contributed by atoms with Crippen LogP contribution in [0.2, 0.25) is 0 Å². The smallest absolute Gasteiger partial charge is 0.228 e. The Morgan fingerprint density at radius 3 is 2.95 bits per heavy atom. The van der Waals surface area contributed by atoms with Crippen molar-refractivity contribution < 1.29 is 4.79 Å². The second kappa shape index (κ2) is 5.53. The molecular formula is C16H21N5O. The van der Waals surface area contributed by atoms with Gasteiger partial charge in [0.15, 0.2) is 0 Å². The third kappa shape index (κ3) is 3.01. The molecule has 0 saturated carbocycles. The van der Waals surface area contributed by atoms with Crippen LogP contribution in [0, 0.1) is 5.92 Å². The van der Waals surface area contributed by atoms with Crippen molar-refractivity contribution in [3.05, 3.63) is 30.7 Å². The summed E-state index contributed by atoms with van der Waals surface area (Å²) < 4.78 is 1.72. The summed E-state index contributed by atoms with van der Waals surface area (Å²) in [7, 11) is 1.86. The van der Waals surface area contributed by atoms with E-state index in [1.807, 2.05) is 25.4 Å². The van der Waals surface area contributed by atoms with Gasteiger partial charge in [0.25, 0.3) is 0 Å². The maximum absolute atomic E-state index is 12.5. The normalized spacial score (nSPS) is 20.0. The highest BCUT2D eigenvalue weighted by atomic mass is 16.1. The van der Waals surface area contributed by atoms with Gasteiger partial charge in [-0.2, -0.15) is 5.10 Å². The zero-order chi connectivity index (χ0) is 15.7. The molecule has 0 radical (unpaired) electrons. The number of hydrogen-bond donors (Lipinski definition) is 2. The topological polar surface area (TPSA) is 71.8 Å². The number of carbonyl (C=O) groups is 1. The van der Waals surface area contributed by atoms with Crippen LogP contribution in [0.1, 0.15) is 20.3 Å². The SMILES string of the molecule is Cn1cc(-c2ncccc2NC(=O)C2CNC(C)(C)C2)cn1. The maximum Gasteiger partial charge on any atom is 0.228 e. The van der Waals surface area contributed by atoms with E-state index in [1.54, 1.807) is 17.1 Å². The summed E-state index contributed by atoms with van der Waals surface area (Å²) in [5.74, 6) is 0.0215. The number of anilines is 1. The molecule has 1 saturated heterocycles. The van der Waals surface area contributed by atoms with E-state index in [1.165, 1.54) is 0 Å². The predicted molar refractivity (Wildman–Crippen MR) is 85.3 cm³/mol. The van der Waals surface area contributed by atoms with E-state index in [-0.39, 0.29) is 17.4 Å². The Kier molecular flexibility index (Phi) is 3.70. The van der Waals surface area contributed by atoms with E-state index in [2.05, 4.69) is 34.6 Å². The van der Waals surface area contributed by atoms with Crippen LogP contribution in [0.25, 0.3) is 11.3 Å². The fraction of sp³-hybridized carbons (Fsp3) is 0.438. The first kappa shape index (κ1) is 14.7. The Balaban J connectivity index is 1.80. The number of carbonyl (C=O) groups excluding carboxylic acids is 1. The summed E-state index contributed by atoms with van der Waals surface area (Å²) in [4.78, 5) is 16.9. The largest absolute Gasteiger partial charge is 0.324 e. The van der Waals surface area contributed by atoms with Gasteiger partial charge in [0.05, 0.1) is 23.5 Å². The summed E-state index contributed by atoms with van der Waals surface area (Å²) >= 11 is 0. The van der Waals surface area contributed by atoms with Crippen molar-refractivity contribution in [2.75, 3.05) is 11.9 Å². The van der Waals surface area contributed by atoms with E-state index in [4.69, 9.17) is 0 Å². The molecule has 2 aromatic heterocycles. The molecule has 0 spiro atoms. The van der Waals surface area contributed by atoms with Gasteiger partial charge in [-0.05, 0) is 32.4 Å². The Morgan fingerprint density at radius 1 is 1.50 bits per heavy atom. The zero-order valence-electron chi connectivity index (χ0n) is 13.1. The molecule has 3 heterocycles. The third-order valence-corrected chi connectivity index (χ3v) is 4.00. The van der Waals surface area contributed by atoms with E-state index in [9.17, 15) is 4.79 Å². The average Bonchev–Trinajstić information content (AvgIpc) is 3.05. The molecule has 6 nitrogen and oxygen atoms in total. The average molecular weight is 299 g/mol. The molecule has 1 aliphatic rings. The van der Waals surface area contributed by atoms with Crippen molar-refractivity contribution in [2.24, 2.45) is 13.0 Å². The van der Waals surface area contributed by atoms with Gasteiger partial charge in [0.1, 0.15) is 0 Å². The molecule has 1 fully saturated rings. The number of aryl methyl sites for hydroxylation is 1. The summed E-state index contributed by atoms with van der Waals surface area (Å²) in [5, 5.41) is 10.6. The molecule has 1 unspecified atom stereocenters. The molecule has 0 bridgehead atoms. The van der Waals surface area contributed by atoms with Crippen molar-refractivity contribution >= 4 is 11.6 Å². The molecule has 22 heavy (non-hydrogen) atoms. The van der Waals surface area contributed by atoms with Crippen molar-refractivity contribution in [1.29, 1.82) is 0 Å². The van der Waals surface area contributed by atoms with Gasteiger partial charge in [0.2, 0.25) is 5.91 Å². The summed E-state index contributed by atoms with van der Waals surface area (Å²) in [6.07, 6.45) is 6.19. The zero-order valence-corrected chi connectivity index (χ0v) is 13.1. The van der Waals surface area contributed by atoms with Gasteiger partial charge < -0.3 is 10.6 Å². The number of aromatic nitrogens is 3. The van der Waals surface area contributed by atoms with Crippen molar-refractivity contribution in [3.8, 4) is 11.3 Å². The Morgan fingerprint density at radius 2 is 2.32 bits per heavy atom. The molecule has 2 N–H and O–H groups in total. The summed E-state index contributed by atoms with van der Waals surface area (Å²) in [6.45, 7) is 4.94. The quantitative estimate of drug-likeness (QED) is 0.906. The lowest BCUT2D eigenvalue weighted by Gasteiger charge is -2.17. The minimum Gasteiger partial charge on any atom is -0.324 e. The van der Waals surface area contributed by atoms with Gasteiger partial charge >= 0.3 is 0 Å². The molecule has 6 heteroatoms. The van der Waals surface area contributed by atoms with Crippen LogP contribution in [0.3, 0.4) is 0 Å². The standard InChI is InChI=1S/C16H21N5O/c1-16(2)7-11(8-18-16)15(22)20-13-5-4-6-17-14(13)12-9-19-21(3)10-12/h4-6,9-11,18H,7-8H2,1-3H3,(H,20,22). The van der Waals surface area contributed by atoms with Gasteiger partial charge in [-0.25, -0.2) is 0 Å². The van der Waals surface area contributed by atoms with E-state index in [0.717, 1.165) is 23.4 Å². The van der Waals surface area contributed by atoms with Crippen LogP contribution in [0.4, 0.5) is 5.69 Å². The predicted octanol–water partition coefficient (Wildman–Crippen LogP) is 1.81. The molecule has 1 atom stereocenters. The minimum atomic E-state index is -0.0167. The second-order valence-electron chi connectivity index (χ2n) is 6.46. The van der Waals surface area contributed by atoms with Crippen LogP contribution < -0.4 is 10.6 Å². The Labute approximate surface area is 129 Å². The lowest BCUT2D eigenvalue weighted by molar-refractivity contribution is -0.119. The van der Waals surface area contributed by atoms with Gasteiger partial charge in [-0.3, -0.25) is 14.5 Å². The highest BCUT2D eigenvalue weighted by Crippen LogP contribution is 2.28. The number of hydrogen-bond acceptors (Lipinski definition) is 4. The lowest BCUT2D eigenvalue weighted by Crippen LogP contribution is -2.31. The Hall–Kier alpha value is -2.21. The van der Waals surface area contributed by atoms with Crippen LogP contribution in [0.15, 0.2) is 30.7 Å². The number of nitrogens with zero attached hydrogens (tertiary/aromatic N) is 3. The first-order chi connectivity index (χ1) is 10.4. The van der Waals surface area contributed by atoms with E-state index >= 15 is 0 Å². The molecule has 0 aliphatic carbocycles. The van der Waals surface area contributed by atoms with Crippen LogP contribution >= 0.6 is 0 Å². The van der Waals surface area contributed by atoms with Gasteiger partial charge in [-0.1, -0.05) is 0 Å². The fourth-order valence-corrected chi connectivity index (χ4v) is 2.86. The molecule has 1 amide bonds. The second-order valence-corrected chi connectivity index (χ2v) is 6.46. The lowest BCUT2D eigenvalue weighted by atomic mass is 9.96. The highest BCUT2D eigenvalue weighted by Gasteiger charge is 2.34. The van der Waals surface area contributed by atoms with Gasteiger partial charge in [-0.15, -0.1) is 0 Å². The summed E-state index contributed by atoms with van der Waals surface area (Å²) in [6, 6.07) is 3.70. The third-order valence-electron chi connectivity index (χ3n) is 4.00. The Bertz CT molecular complexity index is 691. The fourth-order valence-electron chi connectivity index (χ4n) is 2.86. The molecule has 2 aromatic rings. The molecule has 3 rings (SSSR count). The van der Waals surface area contributed by atoms with Crippen molar-refractivity contribution in [3.63, 3.8) is 0 Å². The van der Waals surface area contributed by atoms with E-state index < -0.39 is 0 Å². The number of pyridine rings is 1.